The molecule has 2 aromatic carbocycles. The molecule has 0 saturated carbocycles. The molecule has 1 N–H and O–H groups in total. The maximum Gasteiger partial charge on any atom is 0.264 e. The van der Waals surface area contributed by atoms with E-state index in [0.717, 1.165) is 12.1 Å². The van der Waals surface area contributed by atoms with Crippen LogP contribution in [0.1, 0.15) is 13.8 Å². The second-order valence-electron chi connectivity index (χ2n) is 7.24. The molecule has 6 nitrogen and oxygen atoms in total. The van der Waals surface area contributed by atoms with Crippen LogP contribution in [0.5, 0.6) is 5.75 Å². The van der Waals surface area contributed by atoms with Crippen molar-refractivity contribution in [2.24, 2.45) is 5.41 Å². The highest BCUT2D eigenvalue weighted by Gasteiger charge is 2.37. The van der Waals surface area contributed by atoms with Crippen molar-refractivity contribution in [3.63, 3.8) is 0 Å². The summed E-state index contributed by atoms with van der Waals surface area (Å²) in [5, 5.41) is 0. The molecule has 154 valence electrons. The first kappa shape index (κ1) is 20.8. The van der Waals surface area contributed by atoms with Crippen LogP contribution in [0.2, 0.25) is 0 Å². The first-order valence-electron chi connectivity index (χ1n) is 8.73. The molecule has 0 aromatic heterocycles. The van der Waals surface area contributed by atoms with Crippen LogP contribution in [0.25, 0.3) is 0 Å². The number of ether oxygens (including phenoxy) is 1. The monoisotopic (exact) mass is 422 g/mol. The number of sulfonamides is 1. The van der Waals surface area contributed by atoms with E-state index in [9.17, 15) is 22.0 Å². The highest BCUT2D eigenvalue weighted by Crippen LogP contribution is 2.38. The number of halogens is 2. The van der Waals surface area contributed by atoms with Gasteiger partial charge < -0.3 is 9.64 Å². The summed E-state index contributed by atoms with van der Waals surface area (Å²) in [6.07, 6.45) is 1.54. The summed E-state index contributed by atoms with van der Waals surface area (Å²) < 4.78 is 60.4. The molecule has 2 aromatic rings. The number of carbonyl (C=O) groups is 1. The van der Waals surface area contributed by atoms with Gasteiger partial charge in [-0.05, 0) is 50.2 Å². The zero-order chi connectivity index (χ0) is 21.4. The summed E-state index contributed by atoms with van der Waals surface area (Å²) in [4.78, 5) is 13.5. The van der Waals surface area contributed by atoms with Crippen LogP contribution >= 0.6 is 0 Å². The third-order valence-electron chi connectivity index (χ3n) is 4.41. The van der Waals surface area contributed by atoms with E-state index in [4.69, 9.17) is 4.74 Å². The lowest BCUT2D eigenvalue weighted by atomic mass is 9.93. The average molecular weight is 422 g/mol. The number of fused-ring (bicyclic) bond motifs is 1. The van der Waals surface area contributed by atoms with E-state index < -0.39 is 32.0 Å². The fraction of sp³-hybridized carbons (Fsp3) is 0.250. The van der Waals surface area contributed by atoms with Crippen molar-refractivity contribution in [3.05, 3.63) is 60.7 Å². The van der Waals surface area contributed by atoms with E-state index in [2.05, 4.69) is 11.3 Å². The van der Waals surface area contributed by atoms with Crippen LogP contribution in [0.3, 0.4) is 0 Å². The molecule has 0 spiro atoms. The third-order valence-corrected chi connectivity index (χ3v) is 5.81. The second-order valence-corrected chi connectivity index (χ2v) is 8.89. The molecule has 0 aliphatic carbocycles. The Labute approximate surface area is 167 Å². The largest absolute Gasteiger partial charge is 0.490 e. The van der Waals surface area contributed by atoms with Gasteiger partial charge in [-0.25, -0.2) is 17.2 Å². The van der Waals surface area contributed by atoms with E-state index in [-0.39, 0.29) is 24.7 Å². The summed E-state index contributed by atoms with van der Waals surface area (Å²) in [6.45, 7) is 7.48. The zero-order valence-electron chi connectivity index (χ0n) is 15.9. The Hall–Kier alpha value is -2.94. The smallest absolute Gasteiger partial charge is 0.264 e. The van der Waals surface area contributed by atoms with Gasteiger partial charge in [0.25, 0.3) is 10.0 Å². The number of anilines is 2. The molecule has 1 aliphatic heterocycles. The number of amides is 1. The Balaban J connectivity index is 2.02. The van der Waals surface area contributed by atoms with Crippen LogP contribution in [0.15, 0.2) is 53.9 Å². The summed E-state index contributed by atoms with van der Waals surface area (Å²) >= 11 is 0. The van der Waals surface area contributed by atoms with Gasteiger partial charge >= 0.3 is 0 Å². The number of nitrogens with zero attached hydrogens (tertiary/aromatic N) is 1. The van der Waals surface area contributed by atoms with Crippen LogP contribution in [-0.2, 0) is 14.8 Å². The molecule has 1 aliphatic rings. The Morgan fingerprint density at radius 1 is 1.24 bits per heavy atom. The predicted molar refractivity (Wildman–Crippen MR) is 105 cm³/mol. The molecule has 0 bridgehead atoms. The molecular weight excluding hydrogens is 402 g/mol. The van der Waals surface area contributed by atoms with Gasteiger partial charge in [0, 0.05) is 6.54 Å². The number of rotatable bonds is 5. The van der Waals surface area contributed by atoms with E-state index in [0.29, 0.717) is 17.5 Å². The standard InChI is InChI=1S/C20H20F2N2O4S/c1-4-9-24-16-11-14(6-8-17(16)28-12-20(2,3)19(24)25)23-29(26,27)18-10-13(21)5-7-15(18)22/h4-8,10-11,23H,1,9,12H2,2-3H3. The van der Waals surface area contributed by atoms with Crippen LogP contribution in [0, 0.1) is 17.0 Å². The highest BCUT2D eigenvalue weighted by atomic mass is 32.2. The quantitative estimate of drug-likeness (QED) is 0.746. The molecule has 1 heterocycles. The van der Waals surface area contributed by atoms with Crippen LogP contribution < -0.4 is 14.4 Å². The van der Waals surface area contributed by atoms with Crippen molar-refractivity contribution in [2.45, 2.75) is 18.7 Å². The van der Waals surface area contributed by atoms with Gasteiger partial charge in [0.2, 0.25) is 5.91 Å². The molecular formula is C20H20F2N2O4S. The molecule has 29 heavy (non-hydrogen) atoms. The predicted octanol–water partition coefficient (Wildman–Crippen LogP) is 3.70. The second kappa shape index (κ2) is 7.47. The van der Waals surface area contributed by atoms with E-state index in [1.54, 1.807) is 19.9 Å². The molecule has 0 fully saturated rings. The van der Waals surface area contributed by atoms with Crippen molar-refractivity contribution in [2.75, 3.05) is 22.8 Å². The number of hydrogen-bond acceptors (Lipinski definition) is 4. The summed E-state index contributed by atoms with van der Waals surface area (Å²) in [7, 11) is -4.40. The molecule has 0 unspecified atom stereocenters. The minimum Gasteiger partial charge on any atom is -0.490 e. The maximum absolute atomic E-state index is 13.9. The number of benzene rings is 2. The SMILES string of the molecule is C=CCN1C(=O)C(C)(C)COc2ccc(NS(=O)(=O)c3cc(F)ccc3F)cc21. The van der Waals surface area contributed by atoms with Gasteiger partial charge in [0.15, 0.2) is 0 Å². The van der Waals surface area contributed by atoms with Gasteiger partial charge in [-0.15, -0.1) is 6.58 Å². The average Bonchev–Trinajstić information content (AvgIpc) is 2.74. The van der Waals surface area contributed by atoms with Gasteiger partial charge in [-0.1, -0.05) is 6.08 Å². The molecule has 1 amide bonds. The highest BCUT2D eigenvalue weighted by molar-refractivity contribution is 7.92. The van der Waals surface area contributed by atoms with Crippen molar-refractivity contribution in [1.82, 2.24) is 0 Å². The molecule has 9 heteroatoms. The van der Waals surface area contributed by atoms with Crippen LogP contribution in [0.4, 0.5) is 20.2 Å². The van der Waals surface area contributed by atoms with Gasteiger partial charge in [0.1, 0.15) is 28.9 Å². The van der Waals surface area contributed by atoms with Gasteiger partial charge in [0.05, 0.1) is 16.8 Å². The zero-order valence-corrected chi connectivity index (χ0v) is 16.7. The maximum atomic E-state index is 13.9. The summed E-state index contributed by atoms with van der Waals surface area (Å²) in [6, 6.07) is 6.51. The first-order valence-corrected chi connectivity index (χ1v) is 10.2. The van der Waals surface area contributed by atoms with Gasteiger partial charge in [-0.3, -0.25) is 9.52 Å². The summed E-state index contributed by atoms with van der Waals surface area (Å²) in [5.41, 5.74) is -0.384. The van der Waals surface area contributed by atoms with Crippen molar-refractivity contribution in [3.8, 4) is 5.75 Å². The number of nitrogens with one attached hydrogen (secondary N) is 1. The Kier molecular flexibility index (Phi) is 5.36. The normalized spacial score (nSPS) is 15.9. The van der Waals surface area contributed by atoms with Crippen molar-refractivity contribution < 1.29 is 26.7 Å². The Morgan fingerprint density at radius 2 is 1.97 bits per heavy atom. The fourth-order valence-corrected chi connectivity index (χ4v) is 4.05. The minimum absolute atomic E-state index is 0.0672. The Morgan fingerprint density at radius 3 is 2.66 bits per heavy atom. The minimum atomic E-state index is -4.40. The lowest BCUT2D eigenvalue weighted by molar-refractivity contribution is -0.127. The van der Waals surface area contributed by atoms with E-state index in [1.165, 1.54) is 23.1 Å². The lowest BCUT2D eigenvalue weighted by Crippen LogP contribution is -2.42. The van der Waals surface area contributed by atoms with Gasteiger partial charge in [-0.2, -0.15) is 0 Å². The molecule has 0 atom stereocenters. The van der Waals surface area contributed by atoms with Crippen molar-refractivity contribution >= 4 is 27.3 Å². The first-order chi connectivity index (χ1) is 13.5. The molecule has 3 rings (SSSR count). The Bertz CT molecular complexity index is 1080. The number of hydrogen-bond donors (Lipinski definition) is 1. The topological polar surface area (TPSA) is 75.7 Å². The van der Waals surface area contributed by atoms with Crippen molar-refractivity contribution in [1.29, 1.82) is 0 Å². The fourth-order valence-electron chi connectivity index (χ4n) is 2.91. The number of carbonyl (C=O) groups excluding carboxylic acids is 1. The lowest BCUT2D eigenvalue weighted by Gasteiger charge is -2.27. The van der Waals surface area contributed by atoms with E-state index >= 15 is 0 Å². The summed E-state index contributed by atoms with van der Waals surface area (Å²) in [5.74, 6) is -1.78. The molecule has 0 radical (unpaired) electrons. The van der Waals surface area contributed by atoms with Crippen LogP contribution in [-0.4, -0.2) is 27.5 Å². The van der Waals surface area contributed by atoms with E-state index in [1.807, 2.05) is 0 Å². The third kappa shape index (κ3) is 4.09. The molecule has 0 saturated heterocycles.